The molecule has 2 aliphatic rings. The van der Waals surface area contributed by atoms with Crippen molar-refractivity contribution in [2.45, 2.75) is 55.2 Å². The number of hydrogen-bond donors (Lipinski definition) is 2. The highest BCUT2D eigenvalue weighted by Gasteiger charge is 2.36. The van der Waals surface area contributed by atoms with E-state index in [0.717, 1.165) is 41.1 Å². The number of nitrogens with zero attached hydrogens (tertiary/aromatic N) is 1. The van der Waals surface area contributed by atoms with Crippen molar-refractivity contribution >= 4 is 18.9 Å². The summed E-state index contributed by atoms with van der Waals surface area (Å²) in [7, 11) is -1.40. The molecule has 1 unspecified atom stereocenters. The van der Waals surface area contributed by atoms with Gasteiger partial charge in [-0.25, -0.2) is 0 Å². The van der Waals surface area contributed by atoms with Crippen molar-refractivity contribution in [1.29, 1.82) is 0 Å². The van der Waals surface area contributed by atoms with Gasteiger partial charge in [0.1, 0.15) is 0 Å². The highest BCUT2D eigenvalue weighted by molar-refractivity contribution is 7.99. The second-order valence-electron chi connectivity index (χ2n) is 7.77. The van der Waals surface area contributed by atoms with Crippen LogP contribution in [-0.2, 0) is 12.6 Å². The maximum atomic E-state index is 13.0. The van der Waals surface area contributed by atoms with Crippen LogP contribution in [0.3, 0.4) is 0 Å². The Morgan fingerprint density at radius 3 is 2.62 bits per heavy atom. The molecule has 1 saturated carbocycles. The van der Waals surface area contributed by atoms with Gasteiger partial charge in [0.2, 0.25) is 0 Å². The van der Waals surface area contributed by atoms with Crippen molar-refractivity contribution < 1.29 is 23.2 Å². The summed E-state index contributed by atoms with van der Waals surface area (Å²) in [5.41, 5.74) is 1.57. The second kappa shape index (κ2) is 7.85. The first-order valence-corrected chi connectivity index (χ1v) is 10.7. The Morgan fingerprint density at radius 2 is 1.97 bits per heavy atom. The quantitative estimate of drug-likeness (QED) is 0.694. The lowest BCUT2D eigenvalue weighted by atomic mass is 9.83. The highest BCUT2D eigenvalue weighted by Crippen LogP contribution is 2.49. The van der Waals surface area contributed by atoms with Gasteiger partial charge >= 0.3 is 13.3 Å². The van der Waals surface area contributed by atoms with Crippen LogP contribution in [0.2, 0.25) is 6.32 Å². The number of halogens is 3. The van der Waals surface area contributed by atoms with E-state index < -0.39 is 18.9 Å². The molecule has 2 N–H and O–H groups in total. The molecule has 1 aliphatic carbocycles. The van der Waals surface area contributed by atoms with Gasteiger partial charge in [0.25, 0.3) is 5.56 Å². The first-order chi connectivity index (χ1) is 13.7. The lowest BCUT2D eigenvalue weighted by Crippen LogP contribution is -2.26. The minimum atomic E-state index is -4.40. The molecule has 1 aromatic heterocycles. The summed E-state index contributed by atoms with van der Waals surface area (Å²) >= 11 is 1.59. The Morgan fingerprint density at radius 1 is 1.21 bits per heavy atom. The zero-order valence-electron chi connectivity index (χ0n) is 15.7. The molecule has 0 radical (unpaired) electrons. The Balaban J connectivity index is 1.69. The van der Waals surface area contributed by atoms with Gasteiger partial charge in [-0.05, 0) is 60.7 Å². The van der Waals surface area contributed by atoms with Gasteiger partial charge in [-0.1, -0.05) is 18.2 Å². The number of thioether (sulfide) groups is 1. The maximum absolute atomic E-state index is 13.0. The lowest BCUT2D eigenvalue weighted by molar-refractivity contribution is -0.137. The molecule has 0 amide bonds. The summed E-state index contributed by atoms with van der Waals surface area (Å²) < 4.78 is 40.9. The van der Waals surface area contributed by atoms with Crippen molar-refractivity contribution in [3.63, 3.8) is 0 Å². The number of alkyl halides is 3. The molecule has 9 heteroatoms. The molecule has 2 aromatic rings. The smallest absolute Gasteiger partial charge is 0.427 e. The van der Waals surface area contributed by atoms with E-state index in [1.165, 1.54) is 6.07 Å². The molecule has 1 aromatic carbocycles. The average Bonchev–Trinajstić information content (AvgIpc) is 3.38. The van der Waals surface area contributed by atoms with Gasteiger partial charge in [0, 0.05) is 17.9 Å². The molecule has 1 fully saturated rings. The molecular formula is C20H21BF3NO3S. The maximum Gasteiger partial charge on any atom is 0.451 e. The van der Waals surface area contributed by atoms with Gasteiger partial charge in [-0.15, -0.1) is 11.8 Å². The minimum absolute atomic E-state index is 0.0931. The van der Waals surface area contributed by atoms with Crippen molar-refractivity contribution in [3.8, 4) is 0 Å². The van der Waals surface area contributed by atoms with E-state index >= 15 is 0 Å². The van der Waals surface area contributed by atoms with E-state index in [9.17, 15) is 18.0 Å². The number of hydrogen-bond acceptors (Lipinski definition) is 4. The van der Waals surface area contributed by atoms with E-state index in [1.807, 2.05) is 0 Å². The number of pyridine rings is 1. The first kappa shape index (κ1) is 20.6. The fraction of sp³-hybridized carbons (Fsp3) is 0.450. The van der Waals surface area contributed by atoms with Crippen molar-refractivity contribution in [2.75, 3.05) is 5.75 Å². The first-order valence-electron chi connectivity index (χ1n) is 9.67. The van der Waals surface area contributed by atoms with E-state index in [4.69, 9.17) is 10.0 Å². The van der Waals surface area contributed by atoms with Crippen LogP contribution in [-0.4, -0.2) is 27.5 Å². The molecule has 2 heterocycles. The van der Waals surface area contributed by atoms with E-state index in [2.05, 4.69) is 0 Å². The van der Waals surface area contributed by atoms with Gasteiger partial charge in [-0.3, -0.25) is 9.36 Å². The summed E-state index contributed by atoms with van der Waals surface area (Å²) in [5.74, 6) is 1.03. The largest absolute Gasteiger partial charge is 0.451 e. The minimum Gasteiger partial charge on any atom is -0.427 e. The third-order valence-electron chi connectivity index (χ3n) is 5.50. The molecule has 29 heavy (non-hydrogen) atoms. The Bertz CT molecular complexity index is 972. The third-order valence-corrected chi connectivity index (χ3v) is 6.74. The lowest BCUT2D eigenvalue weighted by Gasteiger charge is -2.18. The SMILES string of the molecule is O=c1cc(Cc2cccc(C(F)(F)F)c2)c(C2CC2)c2n1C(CCB(O)O)CS2. The number of rotatable bonds is 6. The normalized spacial score (nSPS) is 18.7. The zero-order valence-corrected chi connectivity index (χ0v) is 16.5. The van der Waals surface area contributed by atoms with Crippen LogP contribution in [0.15, 0.2) is 40.2 Å². The molecule has 4 nitrogen and oxygen atoms in total. The van der Waals surface area contributed by atoms with Gasteiger partial charge in [0.05, 0.1) is 10.6 Å². The van der Waals surface area contributed by atoms with Gasteiger partial charge < -0.3 is 10.0 Å². The predicted molar refractivity (Wildman–Crippen MR) is 106 cm³/mol. The summed E-state index contributed by atoms with van der Waals surface area (Å²) in [5, 5.41) is 19.2. The number of aromatic nitrogens is 1. The van der Waals surface area contributed by atoms with E-state index in [0.29, 0.717) is 30.1 Å². The Labute approximate surface area is 170 Å². The van der Waals surface area contributed by atoms with Crippen LogP contribution in [0, 0.1) is 0 Å². The van der Waals surface area contributed by atoms with Crippen LogP contribution in [0.1, 0.15) is 53.5 Å². The van der Waals surface area contributed by atoms with Crippen molar-refractivity contribution in [1.82, 2.24) is 4.57 Å². The van der Waals surface area contributed by atoms with Crippen LogP contribution in [0.5, 0.6) is 0 Å². The molecule has 4 rings (SSSR count). The van der Waals surface area contributed by atoms with Gasteiger partial charge in [-0.2, -0.15) is 13.2 Å². The third kappa shape index (κ3) is 4.41. The molecule has 0 saturated heterocycles. The predicted octanol–water partition coefficient (Wildman–Crippen LogP) is 3.85. The van der Waals surface area contributed by atoms with E-state index in [1.54, 1.807) is 28.5 Å². The zero-order chi connectivity index (χ0) is 20.8. The van der Waals surface area contributed by atoms with Crippen molar-refractivity contribution in [2.24, 2.45) is 0 Å². The summed E-state index contributed by atoms with van der Waals surface area (Å²) in [6, 6.07) is 6.74. The number of benzene rings is 1. The Hall–Kier alpha value is -1.71. The van der Waals surface area contributed by atoms with Crippen molar-refractivity contribution in [3.05, 3.63) is 62.9 Å². The summed E-state index contributed by atoms with van der Waals surface area (Å²) in [4.78, 5) is 12.8. The highest BCUT2D eigenvalue weighted by atomic mass is 32.2. The molecule has 154 valence electrons. The molecular weight excluding hydrogens is 402 g/mol. The standard InChI is InChI=1S/C20H21BF3NO3S/c22-20(23,24)15-3-1-2-12(9-15)8-14-10-17(26)25-16(6-7-21(27)28)11-29-19(25)18(14)13-4-5-13/h1-3,9-10,13,16,27-28H,4-8,11H2. The summed E-state index contributed by atoms with van der Waals surface area (Å²) in [6.07, 6.45) is -1.38. The fourth-order valence-corrected chi connectivity index (χ4v) is 5.49. The monoisotopic (exact) mass is 423 g/mol. The number of fused-ring (bicyclic) bond motifs is 1. The molecule has 1 atom stereocenters. The van der Waals surface area contributed by atoms with Crippen LogP contribution in [0.4, 0.5) is 13.2 Å². The second-order valence-corrected chi connectivity index (χ2v) is 8.78. The van der Waals surface area contributed by atoms with Crippen LogP contribution in [0.25, 0.3) is 0 Å². The molecule has 1 aliphatic heterocycles. The summed E-state index contributed by atoms with van der Waals surface area (Å²) in [6.45, 7) is 0. The average molecular weight is 423 g/mol. The topological polar surface area (TPSA) is 62.5 Å². The molecule has 0 spiro atoms. The van der Waals surface area contributed by atoms with E-state index in [-0.39, 0.29) is 17.9 Å². The Kier molecular flexibility index (Phi) is 5.57. The fourth-order valence-electron chi connectivity index (χ4n) is 3.99. The van der Waals surface area contributed by atoms with Crippen LogP contribution >= 0.6 is 11.8 Å². The van der Waals surface area contributed by atoms with Gasteiger partial charge in [0.15, 0.2) is 0 Å². The van der Waals surface area contributed by atoms with Crippen LogP contribution < -0.4 is 5.56 Å². The molecule has 0 bridgehead atoms.